The van der Waals surface area contributed by atoms with Crippen LogP contribution in [0.2, 0.25) is 0 Å². The number of hydrogen-bond acceptors (Lipinski definition) is 6. The zero-order valence-electron chi connectivity index (χ0n) is 13.0. The summed E-state index contributed by atoms with van der Waals surface area (Å²) < 4.78 is 9.87. The summed E-state index contributed by atoms with van der Waals surface area (Å²) in [6, 6.07) is 9.06. The Morgan fingerprint density at radius 2 is 1.96 bits per heavy atom. The maximum Gasteiger partial charge on any atom is 0.319 e. The van der Waals surface area contributed by atoms with Crippen LogP contribution in [0.3, 0.4) is 0 Å². The molecule has 1 aliphatic heterocycles. The first kappa shape index (κ1) is 16.9. The fraction of sp³-hybridized carbons (Fsp3) is 0.312. The van der Waals surface area contributed by atoms with E-state index in [-0.39, 0.29) is 0 Å². The Labute approximate surface area is 138 Å². The van der Waals surface area contributed by atoms with Crippen molar-refractivity contribution in [1.29, 1.82) is 5.26 Å². The van der Waals surface area contributed by atoms with E-state index in [1.807, 2.05) is 0 Å². The monoisotopic (exact) mass is 332 g/mol. The molecule has 1 aromatic rings. The van der Waals surface area contributed by atoms with Gasteiger partial charge in [0.1, 0.15) is 11.7 Å². The molecule has 1 aliphatic rings. The SMILES string of the molecule is COC(=O)[C@@H]1C(=O)NC(SC)=C(C#N)[C@H]1c1ccc(OC)cc1. The van der Waals surface area contributed by atoms with E-state index >= 15 is 0 Å². The molecule has 120 valence electrons. The van der Waals surface area contributed by atoms with Crippen molar-refractivity contribution in [1.82, 2.24) is 5.32 Å². The summed E-state index contributed by atoms with van der Waals surface area (Å²) in [5.74, 6) is -2.28. The zero-order chi connectivity index (χ0) is 17.0. The Kier molecular flexibility index (Phi) is 5.29. The van der Waals surface area contributed by atoms with Gasteiger partial charge >= 0.3 is 5.97 Å². The number of amides is 1. The first-order valence-corrected chi connectivity index (χ1v) is 8.00. The van der Waals surface area contributed by atoms with Gasteiger partial charge in [-0.25, -0.2) is 0 Å². The van der Waals surface area contributed by atoms with E-state index in [9.17, 15) is 14.9 Å². The van der Waals surface area contributed by atoms with Crippen LogP contribution in [0, 0.1) is 17.2 Å². The van der Waals surface area contributed by atoms with Crippen LogP contribution in [0.15, 0.2) is 34.9 Å². The molecule has 23 heavy (non-hydrogen) atoms. The largest absolute Gasteiger partial charge is 0.497 e. The molecule has 0 fully saturated rings. The Hall–Kier alpha value is -2.46. The molecule has 0 saturated heterocycles. The molecule has 0 radical (unpaired) electrons. The van der Waals surface area contributed by atoms with E-state index in [2.05, 4.69) is 11.4 Å². The zero-order valence-corrected chi connectivity index (χ0v) is 13.8. The summed E-state index contributed by atoms with van der Waals surface area (Å²) in [4.78, 5) is 24.4. The van der Waals surface area contributed by atoms with Crippen molar-refractivity contribution < 1.29 is 19.1 Å². The number of nitrogens with one attached hydrogen (secondary N) is 1. The molecule has 0 bridgehead atoms. The van der Waals surface area contributed by atoms with Gasteiger partial charge in [-0.05, 0) is 24.0 Å². The molecule has 7 heteroatoms. The van der Waals surface area contributed by atoms with Gasteiger partial charge in [-0.15, -0.1) is 11.8 Å². The second kappa shape index (κ2) is 7.20. The average molecular weight is 332 g/mol. The van der Waals surface area contributed by atoms with E-state index in [1.165, 1.54) is 18.9 Å². The summed E-state index contributed by atoms with van der Waals surface area (Å²) in [5, 5.41) is 12.6. The van der Waals surface area contributed by atoms with Gasteiger partial charge in [0, 0.05) is 5.92 Å². The number of hydrogen-bond donors (Lipinski definition) is 1. The van der Waals surface area contributed by atoms with Crippen LogP contribution in [-0.2, 0) is 14.3 Å². The van der Waals surface area contributed by atoms with Gasteiger partial charge in [-0.3, -0.25) is 9.59 Å². The van der Waals surface area contributed by atoms with Crippen molar-refractivity contribution in [3.63, 3.8) is 0 Å². The van der Waals surface area contributed by atoms with Crippen molar-refractivity contribution in [3.05, 3.63) is 40.4 Å². The average Bonchev–Trinajstić information content (AvgIpc) is 2.60. The minimum absolute atomic E-state index is 0.345. The highest BCUT2D eigenvalue weighted by atomic mass is 32.2. The number of benzene rings is 1. The van der Waals surface area contributed by atoms with E-state index in [1.54, 1.807) is 37.6 Å². The van der Waals surface area contributed by atoms with Crippen LogP contribution in [0.25, 0.3) is 0 Å². The molecule has 0 spiro atoms. The number of ether oxygens (including phenoxy) is 2. The molecule has 0 saturated carbocycles. The second-order valence-electron chi connectivity index (χ2n) is 4.80. The van der Waals surface area contributed by atoms with Crippen LogP contribution in [0.1, 0.15) is 11.5 Å². The number of allylic oxidation sites excluding steroid dienone is 1. The molecule has 0 aliphatic carbocycles. The third-order valence-corrected chi connectivity index (χ3v) is 4.39. The van der Waals surface area contributed by atoms with Crippen molar-refractivity contribution in [3.8, 4) is 11.8 Å². The molecule has 1 heterocycles. The highest BCUT2D eigenvalue weighted by Gasteiger charge is 2.44. The highest BCUT2D eigenvalue weighted by molar-refractivity contribution is 8.02. The lowest BCUT2D eigenvalue weighted by Gasteiger charge is -2.30. The van der Waals surface area contributed by atoms with Gasteiger partial charge in [-0.1, -0.05) is 12.1 Å². The number of nitrogens with zero attached hydrogens (tertiary/aromatic N) is 1. The smallest absolute Gasteiger partial charge is 0.319 e. The molecule has 6 nitrogen and oxygen atoms in total. The highest BCUT2D eigenvalue weighted by Crippen LogP contribution is 2.39. The Morgan fingerprint density at radius 1 is 1.30 bits per heavy atom. The van der Waals surface area contributed by atoms with Crippen molar-refractivity contribution in [2.75, 3.05) is 20.5 Å². The minimum atomic E-state index is -1.10. The third kappa shape index (κ3) is 3.17. The van der Waals surface area contributed by atoms with E-state index in [0.29, 0.717) is 21.9 Å². The predicted octanol–water partition coefficient (Wildman–Crippen LogP) is 1.80. The molecule has 1 amide bonds. The van der Waals surface area contributed by atoms with E-state index in [0.717, 1.165) is 0 Å². The lowest BCUT2D eigenvalue weighted by Crippen LogP contribution is -2.44. The molecular weight excluding hydrogens is 316 g/mol. The van der Waals surface area contributed by atoms with Gasteiger partial charge in [-0.2, -0.15) is 5.26 Å². The maximum atomic E-state index is 12.3. The number of carbonyl (C=O) groups is 2. The summed E-state index contributed by atoms with van der Waals surface area (Å²) in [7, 11) is 2.77. The van der Waals surface area contributed by atoms with Crippen LogP contribution in [-0.4, -0.2) is 32.4 Å². The Balaban J connectivity index is 2.59. The normalized spacial score (nSPS) is 20.5. The third-order valence-electron chi connectivity index (χ3n) is 3.66. The van der Waals surface area contributed by atoms with Crippen LogP contribution in [0.5, 0.6) is 5.75 Å². The van der Waals surface area contributed by atoms with Crippen molar-refractivity contribution >= 4 is 23.6 Å². The second-order valence-corrected chi connectivity index (χ2v) is 5.62. The fourth-order valence-electron chi connectivity index (χ4n) is 2.54. The summed E-state index contributed by atoms with van der Waals surface area (Å²) >= 11 is 1.26. The number of esters is 1. The lowest BCUT2D eigenvalue weighted by molar-refractivity contribution is -0.150. The number of thioether (sulfide) groups is 1. The quantitative estimate of drug-likeness (QED) is 0.668. The van der Waals surface area contributed by atoms with Gasteiger partial charge in [0.25, 0.3) is 0 Å². The van der Waals surface area contributed by atoms with Gasteiger partial charge < -0.3 is 14.8 Å². The summed E-state index contributed by atoms with van der Waals surface area (Å²) in [6.07, 6.45) is 1.76. The topological polar surface area (TPSA) is 88.4 Å². The minimum Gasteiger partial charge on any atom is -0.497 e. The number of nitriles is 1. The molecule has 0 unspecified atom stereocenters. The lowest BCUT2D eigenvalue weighted by atomic mass is 9.78. The molecule has 2 atom stereocenters. The maximum absolute atomic E-state index is 12.3. The van der Waals surface area contributed by atoms with Gasteiger partial charge in [0.15, 0.2) is 0 Å². The Morgan fingerprint density at radius 3 is 2.43 bits per heavy atom. The summed E-state index contributed by atoms with van der Waals surface area (Å²) in [6.45, 7) is 0. The standard InChI is InChI=1S/C16H16N2O4S/c1-21-10-6-4-9(5-7-10)12-11(8-17)15(23-3)18-14(19)13(12)16(20)22-2/h4-7,12-13H,1-3H3,(H,18,19)/t12-,13+/m1/s1. The first-order chi connectivity index (χ1) is 11.1. The van der Waals surface area contributed by atoms with Gasteiger partial charge in [0.05, 0.1) is 30.9 Å². The predicted molar refractivity (Wildman–Crippen MR) is 85.5 cm³/mol. The van der Waals surface area contributed by atoms with E-state index in [4.69, 9.17) is 9.47 Å². The van der Waals surface area contributed by atoms with Gasteiger partial charge in [0.2, 0.25) is 5.91 Å². The van der Waals surface area contributed by atoms with Crippen LogP contribution < -0.4 is 10.1 Å². The van der Waals surface area contributed by atoms with Crippen molar-refractivity contribution in [2.45, 2.75) is 5.92 Å². The van der Waals surface area contributed by atoms with E-state index < -0.39 is 23.7 Å². The molecule has 1 N–H and O–H groups in total. The number of methoxy groups -OCH3 is 2. The molecule has 0 aromatic heterocycles. The number of rotatable bonds is 4. The fourth-order valence-corrected chi connectivity index (χ4v) is 3.13. The first-order valence-electron chi connectivity index (χ1n) is 6.78. The number of carbonyl (C=O) groups excluding carboxylic acids is 2. The molecule has 2 rings (SSSR count). The molecule has 1 aromatic carbocycles. The van der Waals surface area contributed by atoms with Crippen LogP contribution >= 0.6 is 11.8 Å². The molecular formula is C16H16N2O4S. The summed E-state index contributed by atoms with van der Waals surface area (Å²) in [5.41, 5.74) is 1.02. The van der Waals surface area contributed by atoms with Crippen LogP contribution in [0.4, 0.5) is 0 Å². The Bertz CT molecular complexity index is 691. The van der Waals surface area contributed by atoms with Crippen molar-refractivity contribution in [2.24, 2.45) is 5.92 Å².